The Kier molecular flexibility index (Phi) is 3.97. The maximum absolute atomic E-state index is 13.1. The molecule has 2 nitrogen and oxygen atoms in total. The molecule has 0 heterocycles. The van der Waals surface area contributed by atoms with E-state index in [-0.39, 0.29) is 0 Å². The van der Waals surface area contributed by atoms with E-state index in [1.165, 1.54) is 6.07 Å². The third-order valence-electron chi connectivity index (χ3n) is 3.54. The van der Waals surface area contributed by atoms with E-state index in [1.54, 1.807) is 6.07 Å². The van der Waals surface area contributed by atoms with Crippen LogP contribution in [0.15, 0.2) is 18.2 Å². The number of benzene rings is 1. The van der Waals surface area contributed by atoms with E-state index in [4.69, 9.17) is 0 Å². The minimum Gasteiger partial charge on any atom is -0.389 e. The molecule has 2 rings (SSSR count). The monoisotopic (exact) mass is 255 g/mol. The van der Waals surface area contributed by atoms with Gasteiger partial charge >= 0.3 is 0 Å². The zero-order valence-electron chi connectivity index (χ0n) is 10.6. The molecular formula is C14H19F2NO. The number of hydrogen-bond donors (Lipinski definition) is 1. The fraction of sp³-hybridized carbons (Fsp3) is 0.571. The minimum atomic E-state index is -0.823. The van der Waals surface area contributed by atoms with E-state index in [1.807, 2.05) is 11.9 Å². The summed E-state index contributed by atoms with van der Waals surface area (Å²) in [6.45, 7) is 1.09. The van der Waals surface area contributed by atoms with Gasteiger partial charge in [-0.1, -0.05) is 18.9 Å². The van der Waals surface area contributed by atoms with Gasteiger partial charge in [0.15, 0.2) is 11.6 Å². The number of aliphatic hydroxyl groups is 1. The van der Waals surface area contributed by atoms with Crippen LogP contribution in [0.5, 0.6) is 0 Å². The van der Waals surface area contributed by atoms with Gasteiger partial charge in [-0.05, 0) is 37.6 Å². The van der Waals surface area contributed by atoms with Crippen molar-refractivity contribution >= 4 is 0 Å². The molecule has 1 saturated carbocycles. The van der Waals surface area contributed by atoms with Crippen LogP contribution in [0.2, 0.25) is 0 Å². The van der Waals surface area contributed by atoms with Crippen molar-refractivity contribution in [3.8, 4) is 0 Å². The Hall–Kier alpha value is -1.00. The molecule has 0 amide bonds. The molecule has 0 aliphatic heterocycles. The average molecular weight is 255 g/mol. The lowest BCUT2D eigenvalue weighted by Crippen LogP contribution is -2.38. The van der Waals surface area contributed by atoms with Gasteiger partial charge in [0.25, 0.3) is 0 Å². The summed E-state index contributed by atoms with van der Waals surface area (Å²) in [5.41, 5.74) is 0.117. The van der Waals surface area contributed by atoms with Crippen LogP contribution in [-0.2, 0) is 6.54 Å². The first kappa shape index (κ1) is 13.4. The molecule has 0 bridgehead atoms. The number of halogens is 2. The zero-order chi connectivity index (χ0) is 13.2. The Balaban J connectivity index is 1.94. The summed E-state index contributed by atoms with van der Waals surface area (Å²) >= 11 is 0. The first-order valence-electron chi connectivity index (χ1n) is 6.33. The highest BCUT2D eigenvalue weighted by atomic mass is 19.2. The zero-order valence-corrected chi connectivity index (χ0v) is 10.6. The number of hydrogen-bond acceptors (Lipinski definition) is 2. The van der Waals surface area contributed by atoms with Crippen LogP contribution in [0.4, 0.5) is 8.78 Å². The molecule has 1 fully saturated rings. The summed E-state index contributed by atoms with van der Waals surface area (Å²) in [6, 6.07) is 3.93. The fourth-order valence-corrected chi connectivity index (χ4v) is 2.70. The molecule has 1 aromatic rings. The first-order valence-corrected chi connectivity index (χ1v) is 6.33. The highest BCUT2D eigenvalue weighted by Crippen LogP contribution is 2.30. The molecule has 1 aliphatic carbocycles. The molecular weight excluding hydrogens is 236 g/mol. The van der Waals surface area contributed by atoms with E-state index < -0.39 is 17.2 Å². The molecule has 100 valence electrons. The predicted molar refractivity (Wildman–Crippen MR) is 66.1 cm³/mol. The first-order chi connectivity index (χ1) is 8.48. The molecule has 18 heavy (non-hydrogen) atoms. The topological polar surface area (TPSA) is 23.5 Å². The van der Waals surface area contributed by atoms with Crippen LogP contribution in [0.3, 0.4) is 0 Å². The van der Waals surface area contributed by atoms with Crippen LogP contribution in [-0.4, -0.2) is 29.2 Å². The molecule has 1 N–H and O–H groups in total. The van der Waals surface area contributed by atoms with E-state index in [2.05, 4.69) is 0 Å². The number of nitrogens with zero attached hydrogens (tertiary/aromatic N) is 1. The summed E-state index contributed by atoms with van der Waals surface area (Å²) < 4.78 is 25.9. The summed E-state index contributed by atoms with van der Waals surface area (Å²) in [6.07, 6.45) is 3.79. The van der Waals surface area contributed by atoms with Gasteiger partial charge in [0.2, 0.25) is 0 Å². The second-order valence-corrected chi connectivity index (χ2v) is 5.35. The SMILES string of the molecule is CN(Cc1ccc(F)c(F)c1)CC1(O)CCCC1. The van der Waals surface area contributed by atoms with Crippen molar-refractivity contribution in [2.24, 2.45) is 0 Å². The molecule has 0 radical (unpaired) electrons. The van der Waals surface area contributed by atoms with Crippen LogP contribution >= 0.6 is 0 Å². The molecule has 1 aliphatic rings. The maximum Gasteiger partial charge on any atom is 0.159 e. The lowest BCUT2D eigenvalue weighted by Gasteiger charge is -2.28. The number of likely N-dealkylation sites (N-methyl/N-ethyl adjacent to an activating group) is 1. The second kappa shape index (κ2) is 5.33. The molecule has 0 aromatic heterocycles. The van der Waals surface area contributed by atoms with Crippen molar-refractivity contribution in [3.05, 3.63) is 35.4 Å². The molecule has 1 aromatic carbocycles. The fourth-order valence-electron chi connectivity index (χ4n) is 2.70. The molecule has 0 unspecified atom stereocenters. The second-order valence-electron chi connectivity index (χ2n) is 5.35. The van der Waals surface area contributed by atoms with Gasteiger partial charge in [-0.15, -0.1) is 0 Å². The summed E-state index contributed by atoms with van der Waals surface area (Å²) in [4.78, 5) is 1.96. The van der Waals surface area contributed by atoms with Crippen molar-refractivity contribution in [3.63, 3.8) is 0 Å². The standard InChI is InChI=1S/C14H19F2NO/c1-17(10-14(18)6-2-3-7-14)9-11-4-5-12(15)13(16)8-11/h4-5,8,18H,2-3,6-7,9-10H2,1H3. The van der Waals surface area contributed by atoms with Crippen LogP contribution < -0.4 is 0 Å². The van der Waals surface area contributed by atoms with Gasteiger partial charge in [0.1, 0.15) is 0 Å². The maximum atomic E-state index is 13.1. The lowest BCUT2D eigenvalue weighted by atomic mass is 10.0. The lowest BCUT2D eigenvalue weighted by molar-refractivity contribution is 0.0145. The average Bonchev–Trinajstić information content (AvgIpc) is 2.70. The predicted octanol–water partition coefficient (Wildman–Crippen LogP) is 2.70. The van der Waals surface area contributed by atoms with Gasteiger partial charge in [-0.2, -0.15) is 0 Å². The third kappa shape index (κ3) is 3.27. The van der Waals surface area contributed by atoms with Gasteiger partial charge in [0.05, 0.1) is 5.60 Å². The third-order valence-corrected chi connectivity index (χ3v) is 3.54. The highest BCUT2D eigenvalue weighted by molar-refractivity contribution is 5.17. The Bertz CT molecular complexity index is 416. The summed E-state index contributed by atoms with van der Waals surface area (Å²) in [5, 5.41) is 10.3. The Labute approximate surface area is 106 Å². The van der Waals surface area contributed by atoms with Crippen molar-refractivity contribution in [2.45, 2.75) is 37.8 Å². The van der Waals surface area contributed by atoms with Crippen LogP contribution in [0.1, 0.15) is 31.2 Å². The van der Waals surface area contributed by atoms with Gasteiger partial charge in [-0.25, -0.2) is 8.78 Å². The Morgan fingerprint density at radius 2 is 1.89 bits per heavy atom. The van der Waals surface area contributed by atoms with Gasteiger partial charge in [0, 0.05) is 13.1 Å². The molecule has 4 heteroatoms. The molecule has 0 atom stereocenters. The summed E-state index contributed by atoms with van der Waals surface area (Å²) in [7, 11) is 1.89. The quantitative estimate of drug-likeness (QED) is 0.894. The van der Waals surface area contributed by atoms with E-state index in [0.717, 1.165) is 37.3 Å². The van der Waals surface area contributed by atoms with Crippen molar-refractivity contribution in [1.82, 2.24) is 4.90 Å². The van der Waals surface area contributed by atoms with Crippen molar-refractivity contribution in [2.75, 3.05) is 13.6 Å². The van der Waals surface area contributed by atoms with Crippen LogP contribution in [0, 0.1) is 11.6 Å². The van der Waals surface area contributed by atoms with Gasteiger partial charge in [-0.3, -0.25) is 4.90 Å². The van der Waals surface area contributed by atoms with E-state index in [9.17, 15) is 13.9 Å². The number of rotatable bonds is 4. The van der Waals surface area contributed by atoms with Gasteiger partial charge < -0.3 is 5.11 Å². The van der Waals surface area contributed by atoms with Crippen molar-refractivity contribution in [1.29, 1.82) is 0 Å². The summed E-state index contributed by atoms with van der Waals surface area (Å²) in [5.74, 6) is -1.64. The Morgan fingerprint density at radius 1 is 1.22 bits per heavy atom. The molecule has 0 spiro atoms. The van der Waals surface area contributed by atoms with E-state index in [0.29, 0.717) is 13.1 Å². The Morgan fingerprint density at radius 3 is 2.50 bits per heavy atom. The molecule has 0 saturated heterocycles. The van der Waals surface area contributed by atoms with Crippen molar-refractivity contribution < 1.29 is 13.9 Å². The largest absolute Gasteiger partial charge is 0.389 e. The smallest absolute Gasteiger partial charge is 0.159 e. The van der Waals surface area contributed by atoms with Crippen LogP contribution in [0.25, 0.3) is 0 Å². The highest BCUT2D eigenvalue weighted by Gasteiger charge is 2.32. The minimum absolute atomic E-state index is 0.513. The normalized spacial score (nSPS) is 18.5. The van der Waals surface area contributed by atoms with E-state index >= 15 is 0 Å².